The molecule has 0 bridgehead atoms. The Morgan fingerprint density at radius 3 is 2.69 bits per heavy atom. The van der Waals surface area contributed by atoms with Crippen LogP contribution in [0.4, 0.5) is 0 Å². The molecule has 0 saturated carbocycles. The molecule has 4 rings (SSSR count). The number of nitrogens with one attached hydrogen (secondary N) is 2. The van der Waals surface area contributed by atoms with Gasteiger partial charge in [-0.3, -0.25) is 4.79 Å². The molecule has 7 nitrogen and oxygen atoms in total. The summed E-state index contributed by atoms with van der Waals surface area (Å²) >= 11 is 0. The van der Waals surface area contributed by atoms with Crippen molar-refractivity contribution in [1.82, 2.24) is 14.8 Å². The van der Waals surface area contributed by atoms with Crippen LogP contribution in [0.25, 0.3) is 16.6 Å². The third kappa shape index (κ3) is 2.83. The summed E-state index contributed by atoms with van der Waals surface area (Å²) in [5, 5.41) is 0.841. The second-order valence-corrected chi connectivity index (χ2v) is 8.18. The van der Waals surface area contributed by atoms with Crippen molar-refractivity contribution in [3.8, 4) is 0 Å². The third-order valence-electron chi connectivity index (χ3n) is 4.30. The Morgan fingerprint density at radius 2 is 2.00 bits per heavy atom. The number of fused-ring (bicyclic) bond motifs is 1. The molecule has 0 radical (unpaired) electrons. The van der Waals surface area contributed by atoms with Gasteiger partial charge in [0.1, 0.15) is 0 Å². The largest absolute Gasteiger partial charge is 0.463 e. The minimum atomic E-state index is -3.63. The molecule has 0 fully saturated rings. The van der Waals surface area contributed by atoms with Crippen LogP contribution in [0.2, 0.25) is 0 Å². The first kappa shape index (κ1) is 16.6. The highest BCUT2D eigenvalue weighted by Crippen LogP contribution is 2.32. The number of benzene rings is 1. The number of nitrogens with zero attached hydrogens (tertiary/aromatic N) is 1. The summed E-state index contributed by atoms with van der Waals surface area (Å²) in [6, 6.07) is 10.1. The van der Waals surface area contributed by atoms with Crippen LogP contribution in [0.5, 0.6) is 0 Å². The molecule has 26 heavy (non-hydrogen) atoms. The van der Waals surface area contributed by atoms with Gasteiger partial charge in [-0.1, -0.05) is 11.6 Å². The topological polar surface area (TPSA) is 95.4 Å². The predicted octanol–water partition coefficient (Wildman–Crippen LogP) is 2.29. The summed E-state index contributed by atoms with van der Waals surface area (Å²) in [5.74, 6) is 0.495. The normalized spacial score (nSPS) is 18.1. The number of pyridine rings is 1. The standard InChI is InChI=1S/C18H17N3O4S/c1-11-5-6-14-12(8-11)9-13(18(22)19-14)16-10-15(17-4-3-7-25-17)20-21(16)26(2,23)24/h3-10,16,20H,1-2H3,(H,19,22)/t16-/m1/s1. The molecule has 2 aromatic heterocycles. The molecule has 0 unspecified atom stereocenters. The van der Waals surface area contributed by atoms with Crippen molar-refractivity contribution in [1.29, 1.82) is 0 Å². The average molecular weight is 371 g/mol. The number of sulfonamides is 1. The maximum atomic E-state index is 12.6. The van der Waals surface area contributed by atoms with Gasteiger partial charge in [-0.25, -0.2) is 8.42 Å². The van der Waals surface area contributed by atoms with E-state index in [-0.39, 0.29) is 5.56 Å². The third-order valence-corrected chi connectivity index (χ3v) is 5.33. The van der Waals surface area contributed by atoms with E-state index in [9.17, 15) is 13.2 Å². The van der Waals surface area contributed by atoms with E-state index in [1.165, 1.54) is 6.26 Å². The molecule has 1 aliphatic rings. The first-order valence-corrected chi connectivity index (χ1v) is 9.83. The van der Waals surface area contributed by atoms with Gasteiger partial charge in [0.25, 0.3) is 5.56 Å². The number of hydrazine groups is 1. The monoisotopic (exact) mass is 371 g/mol. The van der Waals surface area contributed by atoms with Gasteiger partial charge < -0.3 is 14.8 Å². The van der Waals surface area contributed by atoms with E-state index >= 15 is 0 Å². The fourth-order valence-corrected chi connectivity index (χ4v) is 3.94. The van der Waals surface area contributed by atoms with Crippen molar-refractivity contribution in [3.05, 3.63) is 76.0 Å². The lowest BCUT2D eigenvalue weighted by molar-refractivity contribution is 0.347. The SMILES string of the molecule is Cc1ccc2[nH]c(=O)c([C@H]3C=C(c4ccco4)NN3S(C)(=O)=O)cc2c1. The number of hydrogen-bond donors (Lipinski definition) is 2. The number of hydrogen-bond acceptors (Lipinski definition) is 5. The fourth-order valence-electron chi connectivity index (χ4n) is 3.09. The van der Waals surface area contributed by atoms with Crippen LogP contribution in [0.15, 0.2) is 57.9 Å². The van der Waals surface area contributed by atoms with Crippen molar-refractivity contribution < 1.29 is 12.8 Å². The first-order valence-electron chi connectivity index (χ1n) is 7.98. The van der Waals surface area contributed by atoms with Crippen molar-refractivity contribution in [2.75, 3.05) is 6.26 Å². The maximum Gasteiger partial charge on any atom is 0.253 e. The first-order chi connectivity index (χ1) is 12.3. The maximum absolute atomic E-state index is 12.6. The van der Waals surface area contributed by atoms with Gasteiger partial charge in [0.05, 0.1) is 24.3 Å². The van der Waals surface area contributed by atoms with Crippen LogP contribution in [-0.4, -0.2) is 24.1 Å². The smallest absolute Gasteiger partial charge is 0.253 e. The zero-order valence-corrected chi connectivity index (χ0v) is 15.0. The Hall–Kier alpha value is -2.84. The fraction of sp³-hybridized carbons (Fsp3) is 0.167. The molecule has 0 saturated heterocycles. The molecule has 1 atom stereocenters. The second-order valence-electron chi connectivity index (χ2n) is 6.32. The molecular weight excluding hydrogens is 354 g/mol. The van der Waals surface area contributed by atoms with E-state index in [2.05, 4.69) is 10.4 Å². The van der Waals surface area contributed by atoms with Crippen LogP contribution in [-0.2, 0) is 10.0 Å². The van der Waals surface area contributed by atoms with E-state index in [1.54, 1.807) is 24.3 Å². The molecule has 3 heterocycles. The van der Waals surface area contributed by atoms with E-state index in [1.807, 2.05) is 25.1 Å². The number of H-pyrrole nitrogens is 1. The lowest BCUT2D eigenvalue weighted by Crippen LogP contribution is -2.40. The zero-order chi connectivity index (χ0) is 18.5. The van der Waals surface area contributed by atoms with Gasteiger partial charge in [0.15, 0.2) is 5.76 Å². The van der Waals surface area contributed by atoms with Gasteiger partial charge in [0.2, 0.25) is 10.0 Å². The van der Waals surface area contributed by atoms with E-state index in [0.717, 1.165) is 21.6 Å². The number of furan rings is 1. The zero-order valence-electron chi connectivity index (χ0n) is 14.2. The van der Waals surface area contributed by atoms with Gasteiger partial charge in [0, 0.05) is 11.1 Å². The lowest BCUT2D eigenvalue weighted by Gasteiger charge is -2.22. The van der Waals surface area contributed by atoms with Crippen LogP contribution in [0.3, 0.4) is 0 Å². The molecule has 3 aromatic rings. The number of rotatable bonds is 3. The van der Waals surface area contributed by atoms with Crippen molar-refractivity contribution >= 4 is 26.6 Å². The van der Waals surface area contributed by atoms with Crippen LogP contribution in [0, 0.1) is 6.92 Å². The molecule has 0 aliphatic carbocycles. The van der Waals surface area contributed by atoms with Crippen LogP contribution in [0.1, 0.15) is 22.9 Å². The quantitative estimate of drug-likeness (QED) is 0.736. The number of aromatic amines is 1. The molecule has 0 amide bonds. The molecule has 1 aromatic carbocycles. The molecule has 1 aliphatic heterocycles. The van der Waals surface area contributed by atoms with Crippen molar-refractivity contribution in [2.24, 2.45) is 0 Å². The summed E-state index contributed by atoms with van der Waals surface area (Å²) in [4.78, 5) is 15.4. The molecular formula is C18H17N3O4S. The summed E-state index contributed by atoms with van der Waals surface area (Å²) in [6.45, 7) is 1.96. The van der Waals surface area contributed by atoms with Crippen LogP contribution >= 0.6 is 0 Å². The van der Waals surface area contributed by atoms with Gasteiger partial charge in [-0.2, -0.15) is 0 Å². The molecule has 2 N–H and O–H groups in total. The van der Waals surface area contributed by atoms with Crippen LogP contribution < -0.4 is 11.0 Å². The summed E-state index contributed by atoms with van der Waals surface area (Å²) < 4.78 is 30.9. The Labute approximate surface area is 150 Å². The number of aryl methyl sites for hydroxylation is 1. The minimum Gasteiger partial charge on any atom is -0.463 e. The molecule has 8 heteroatoms. The average Bonchev–Trinajstić information content (AvgIpc) is 3.23. The van der Waals surface area contributed by atoms with E-state index in [0.29, 0.717) is 22.5 Å². The Morgan fingerprint density at radius 1 is 1.19 bits per heavy atom. The highest BCUT2D eigenvalue weighted by molar-refractivity contribution is 7.88. The van der Waals surface area contributed by atoms with Gasteiger partial charge in [-0.15, -0.1) is 4.41 Å². The minimum absolute atomic E-state index is 0.334. The highest BCUT2D eigenvalue weighted by Gasteiger charge is 2.35. The second kappa shape index (κ2) is 5.86. The predicted molar refractivity (Wildman–Crippen MR) is 98.6 cm³/mol. The molecule has 134 valence electrons. The summed E-state index contributed by atoms with van der Waals surface area (Å²) in [7, 11) is -3.63. The van der Waals surface area contributed by atoms with E-state index < -0.39 is 16.1 Å². The Kier molecular flexibility index (Phi) is 3.74. The molecule has 0 spiro atoms. The lowest BCUT2D eigenvalue weighted by atomic mass is 10.0. The summed E-state index contributed by atoms with van der Waals surface area (Å²) in [5.41, 5.74) is 5.08. The van der Waals surface area contributed by atoms with Crippen molar-refractivity contribution in [2.45, 2.75) is 13.0 Å². The Bertz CT molecular complexity index is 1180. The van der Waals surface area contributed by atoms with Gasteiger partial charge >= 0.3 is 0 Å². The highest BCUT2D eigenvalue weighted by atomic mass is 32.2. The van der Waals surface area contributed by atoms with Gasteiger partial charge in [-0.05, 0) is 48.7 Å². The summed E-state index contributed by atoms with van der Waals surface area (Å²) in [6.07, 6.45) is 4.26. The van der Waals surface area contributed by atoms with Crippen molar-refractivity contribution in [3.63, 3.8) is 0 Å². The van der Waals surface area contributed by atoms with E-state index in [4.69, 9.17) is 4.42 Å². The Balaban J connectivity index is 1.89. The number of aromatic nitrogens is 1.